The van der Waals surface area contributed by atoms with Gasteiger partial charge in [-0.05, 0) is 41.1 Å². The van der Waals surface area contributed by atoms with Crippen LogP contribution in [0.5, 0.6) is 0 Å². The molecular weight excluding hydrogens is 322 g/mol. The van der Waals surface area contributed by atoms with E-state index in [0.717, 1.165) is 21.5 Å². The highest BCUT2D eigenvalue weighted by Gasteiger charge is 2.11. The predicted molar refractivity (Wildman–Crippen MR) is 77.2 cm³/mol. The standard InChI is InChI=1S/C13H12BrN5O/c1-8-16-4-5-19(8)11-3-2-9(6-10(11)14)13-17-12(7-15)20-18-13/h2-6H,7,15H2,1H3. The van der Waals surface area contributed by atoms with E-state index in [-0.39, 0.29) is 6.54 Å². The zero-order chi connectivity index (χ0) is 14.1. The third-order valence-electron chi connectivity index (χ3n) is 2.93. The van der Waals surface area contributed by atoms with Crippen molar-refractivity contribution in [2.45, 2.75) is 13.5 Å². The zero-order valence-electron chi connectivity index (χ0n) is 10.7. The van der Waals surface area contributed by atoms with Gasteiger partial charge in [0.1, 0.15) is 5.82 Å². The number of rotatable bonds is 3. The second-order valence-electron chi connectivity index (χ2n) is 4.23. The van der Waals surface area contributed by atoms with Crippen LogP contribution in [0.25, 0.3) is 17.1 Å². The van der Waals surface area contributed by atoms with Crippen LogP contribution in [-0.2, 0) is 6.54 Å². The van der Waals surface area contributed by atoms with E-state index in [0.29, 0.717) is 11.7 Å². The van der Waals surface area contributed by atoms with Crippen molar-refractivity contribution >= 4 is 15.9 Å². The van der Waals surface area contributed by atoms with Gasteiger partial charge in [0, 0.05) is 22.4 Å². The number of benzene rings is 1. The largest absolute Gasteiger partial charge is 0.338 e. The summed E-state index contributed by atoms with van der Waals surface area (Å²) in [6.45, 7) is 2.19. The number of imidazole rings is 1. The minimum absolute atomic E-state index is 0.237. The van der Waals surface area contributed by atoms with Gasteiger partial charge in [-0.2, -0.15) is 4.98 Å². The van der Waals surface area contributed by atoms with Crippen molar-refractivity contribution < 1.29 is 4.52 Å². The van der Waals surface area contributed by atoms with Crippen molar-refractivity contribution in [3.8, 4) is 17.1 Å². The van der Waals surface area contributed by atoms with Crippen LogP contribution in [0.4, 0.5) is 0 Å². The molecule has 1 aromatic carbocycles. The first-order valence-corrected chi connectivity index (χ1v) is 6.81. The molecule has 0 spiro atoms. The highest BCUT2D eigenvalue weighted by molar-refractivity contribution is 9.10. The van der Waals surface area contributed by atoms with E-state index in [1.807, 2.05) is 35.9 Å². The van der Waals surface area contributed by atoms with E-state index in [4.69, 9.17) is 10.3 Å². The summed E-state index contributed by atoms with van der Waals surface area (Å²) in [7, 11) is 0. The summed E-state index contributed by atoms with van der Waals surface area (Å²) < 4.78 is 7.93. The first-order chi connectivity index (χ1) is 9.69. The predicted octanol–water partition coefficient (Wildman–Crippen LogP) is 2.45. The first kappa shape index (κ1) is 13.0. The van der Waals surface area contributed by atoms with Crippen molar-refractivity contribution in [3.63, 3.8) is 0 Å². The van der Waals surface area contributed by atoms with E-state index in [1.165, 1.54) is 0 Å². The van der Waals surface area contributed by atoms with Crippen LogP contribution in [0.2, 0.25) is 0 Å². The Morgan fingerprint density at radius 2 is 2.25 bits per heavy atom. The molecule has 2 heterocycles. The van der Waals surface area contributed by atoms with Gasteiger partial charge < -0.3 is 14.8 Å². The van der Waals surface area contributed by atoms with Crippen LogP contribution in [-0.4, -0.2) is 19.7 Å². The molecule has 0 aliphatic heterocycles. The summed E-state index contributed by atoms with van der Waals surface area (Å²) in [4.78, 5) is 8.42. The van der Waals surface area contributed by atoms with Crippen LogP contribution >= 0.6 is 15.9 Å². The summed E-state index contributed by atoms with van der Waals surface area (Å²) in [5, 5.41) is 3.90. The SMILES string of the molecule is Cc1nccn1-c1ccc(-c2noc(CN)n2)cc1Br. The second kappa shape index (κ2) is 5.18. The topological polar surface area (TPSA) is 82.8 Å². The average molecular weight is 334 g/mol. The average Bonchev–Trinajstić information content (AvgIpc) is 3.07. The molecule has 2 aromatic heterocycles. The second-order valence-corrected chi connectivity index (χ2v) is 5.08. The Morgan fingerprint density at radius 3 is 2.85 bits per heavy atom. The van der Waals surface area contributed by atoms with Crippen molar-refractivity contribution in [3.05, 3.63) is 46.8 Å². The molecule has 6 nitrogen and oxygen atoms in total. The van der Waals surface area contributed by atoms with Gasteiger partial charge in [-0.25, -0.2) is 4.98 Å². The number of aryl methyl sites for hydroxylation is 1. The van der Waals surface area contributed by atoms with Gasteiger partial charge in [-0.15, -0.1) is 0 Å². The minimum atomic E-state index is 0.237. The van der Waals surface area contributed by atoms with Crippen LogP contribution in [0.15, 0.2) is 39.6 Å². The first-order valence-electron chi connectivity index (χ1n) is 6.02. The maximum Gasteiger partial charge on any atom is 0.240 e. The number of nitrogens with zero attached hydrogens (tertiary/aromatic N) is 4. The van der Waals surface area contributed by atoms with E-state index in [2.05, 4.69) is 31.1 Å². The molecule has 0 aliphatic carbocycles. The van der Waals surface area contributed by atoms with E-state index < -0.39 is 0 Å². The lowest BCUT2D eigenvalue weighted by molar-refractivity contribution is 0.380. The summed E-state index contributed by atoms with van der Waals surface area (Å²) in [6.07, 6.45) is 3.68. The van der Waals surface area contributed by atoms with Crippen LogP contribution in [0, 0.1) is 6.92 Å². The van der Waals surface area contributed by atoms with Gasteiger partial charge in [0.2, 0.25) is 11.7 Å². The van der Waals surface area contributed by atoms with Crippen LogP contribution in [0.3, 0.4) is 0 Å². The number of hydrogen-bond acceptors (Lipinski definition) is 5. The third kappa shape index (κ3) is 2.25. The molecule has 0 saturated heterocycles. The van der Waals surface area contributed by atoms with E-state index >= 15 is 0 Å². The summed E-state index contributed by atoms with van der Waals surface area (Å²) in [5.74, 6) is 1.87. The Kier molecular flexibility index (Phi) is 3.37. The minimum Gasteiger partial charge on any atom is -0.338 e. The number of halogens is 1. The molecule has 3 rings (SSSR count). The molecular formula is C13H12BrN5O. The fraction of sp³-hybridized carbons (Fsp3) is 0.154. The van der Waals surface area contributed by atoms with Gasteiger partial charge in [-0.1, -0.05) is 5.16 Å². The van der Waals surface area contributed by atoms with Crippen molar-refractivity contribution in [1.29, 1.82) is 0 Å². The van der Waals surface area contributed by atoms with E-state index in [9.17, 15) is 0 Å². The Labute approximate surface area is 123 Å². The smallest absolute Gasteiger partial charge is 0.240 e. The van der Waals surface area contributed by atoms with E-state index in [1.54, 1.807) is 6.20 Å². The quantitative estimate of drug-likeness (QED) is 0.795. The number of hydrogen-bond donors (Lipinski definition) is 1. The third-order valence-corrected chi connectivity index (χ3v) is 3.57. The number of aromatic nitrogens is 4. The molecule has 3 aromatic rings. The van der Waals surface area contributed by atoms with Crippen molar-refractivity contribution in [2.75, 3.05) is 0 Å². The molecule has 0 unspecified atom stereocenters. The summed E-state index contributed by atoms with van der Waals surface area (Å²) in [5.41, 5.74) is 7.33. The molecule has 0 saturated carbocycles. The highest BCUT2D eigenvalue weighted by atomic mass is 79.9. The lowest BCUT2D eigenvalue weighted by atomic mass is 10.2. The maximum absolute atomic E-state index is 5.46. The molecule has 0 radical (unpaired) electrons. The molecule has 0 fully saturated rings. The lowest BCUT2D eigenvalue weighted by Gasteiger charge is -2.08. The Morgan fingerprint density at radius 1 is 1.40 bits per heavy atom. The fourth-order valence-electron chi connectivity index (χ4n) is 1.93. The van der Waals surface area contributed by atoms with Gasteiger partial charge in [-0.3, -0.25) is 0 Å². The molecule has 2 N–H and O–H groups in total. The summed E-state index contributed by atoms with van der Waals surface area (Å²) in [6, 6.07) is 5.86. The molecule has 0 atom stereocenters. The van der Waals surface area contributed by atoms with Crippen LogP contribution < -0.4 is 5.73 Å². The molecule has 0 aliphatic rings. The molecule has 102 valence electrons. The molecule has 7 heteroatoms. The number of nitrogens with two attached hydrogens (primary N) is 1. The van der Waals surface area contributed by atoms with Crippen LogP contribution in [0.1, 0.15) is 11.7 Å². The van der Waals surface area contributed by atoms with Gasteiger partial charge >= 0.3 is 0 Å². The molecule has 0 amide bonds. The monoisotopic (exact) mass is 333 g/mol. The van der Waals surface area contributed by atoms with Gasteiger partial charge in [0.05, 0.1) is 12.2 Å². The summed E-state index contributed by atoms with van der Waals surface area (Å²) >= 11 is 3.56. The van der Waals surface area contributed by atoms with Crippen molar-refractivity contribution in [1.82, 2.24) is 19.7 Å². The zero-order valence-corrected chi connectivity index (χ0v) is 12.3. The normalized spacial score (nSPS) is 10.9. The molecule has 20 heavy (non-hydrogen) atoms. The Balaban J connectivity index is 2.01. The molecule has 0 bridgehead atoms. The Bertz CT molecular complexity index is 749. The van der Waals surface area contributed by atoms with Crippen molar-refractivity contribution in [2.24, 2.45) is 5.73 Å². The van der Waals surface area contributed by atoms with Gasteiger partial charge in [0.25, 0.3) is 0 Å². The maximum atomic E-state index is 5.46. The van der Waals surface area contributed by atoms with Gasteiger partial charge in [0.15, 0.2) is 0 Å². The Hall–Kier alpha value is -1.99. The lowest BCUT2D eigenvalue weighted by Crippen LogP contribution is -1.97. The fourth-order valence-corrected chi connectivity index (χ4v) is 2.50. The highest BCUT2D eigenvalue weighted by Crippen LogP contribution is 2.27.